The molecule has 4 nitrogen and oxygen atoms in total. The van der Waals surface area contributed by atoms with Crippen LogP contribution in [0.3, 0.4) is 0 Å². The third-order valence-electron chi connectivity index (χ3n) is 2.92. The fourth-order valence-electron chi connectivity index (χ4n) is 1.99. The SMILES string of the molecule is N=Cc1cccc(C(=O)N2CCCC2)c1N. The highest BCUT2D eigenvalue weighted by molar-refractivity contribution is 6.03. The van der Waals surface area contributed by atoms with Gasteiger partial charge in [-0.05, 0) is 18.9 Å². The largest absolute Gasteiger partial charge is 0.398 e. The number of carbonyl (C=O) groups excluding carboxylic acids is 1. The fourth-order valence-corrected chi connectivity index (χ4v) is 1.99. The number of rotatable bonds is 2. The first-order chi connectivity index (χ1) is 7.74. The number of hydrogen-bond donors (Lipinski definition) is 2. The molecular formula is C12H15N3O. The van der Waals surface area contributed by atoms with Crippen molar-refractivity contribution in [2.75, 3.05) is 18.8 Å². The van der Waals surface area contributed by atoms with Crippen LogP contribution in [0, 0.1) is 5.41 Å². The highest BCUT2D eigenvalue weighted by Gasteiger charge is 2.21. The van der Waals surface area contributed by atoms with E-state index in [2.05, 4.69) is 0 Å². The summed E-state index contributed by atoms with van der Waals surface area (Å²) in [5.41, 5.74) is 7.39. The first-order valence-electron chi connectivity index (χ1n) is 5.42. The zero-order chi connectivity index (χ0) is 11.5. The van der Waals surface area contributed by atoms with Crippen LogP contribution < -0.4 is 5.73 Å². The second-order valence-electron chi connectivity index (χ2n) is 3.95. The molecule has 1 aliphatic rings. The molecule has 1 fully saturated rings. The molecule has 1 saturated heterocycles. The number of carbonyl (C=O) groups is 1. The lowest BCUT2D eigenvalue weighted by Crippen LogP contribution is -2.28. The zero-order valence-corrected chi connectivity index (χ0v) is 9.07. The molecule has 1 amide bonds. The van der Waals surface area contributed by atoms with Crippen LogP contribution in [0.4, 0.5) is 5.69 Å². The number of nitrogens with one attached hydrogen (secondary N) is 1. The van der Waals surface area contributed by atoms with E-state index >= 15 is 0 Å². The highest BCUT2D eigenvalue weighted by Crippen LogP contribution is 2.20. The van der Waals surface area contributed by atoms with Crippen molar-refractivity contribution in [3.63, 3.8) is 0 Å². The number of likely N-dealkylation sites (tertiary alicyclic amines) is 1. The molecule has 0 aromatic heterocycles. The number of para-hydroxylation sites is 1. The Kier molecular flexibility index (Phi) is 2.90. The fraction of sp³-hybridized carbons (Fsp3) is 0.333. The van der Waals surface area contributed by atoms with E-state index in [1.165, 1.54) is 6.21 Å². The molecule has 84 valence electrons. The van der Waals surface area contributed by atoms with Gasteiger partial charge in [-0.25, -0.2) is 0 Å². The van der Waals surface area contributed by atoms with E-state index in [9.17, 15) is 4.79 Å². The minimum Gasteiger partial charge on any atom is -0.398 e. The molecule has 4 heteroatoms. The minimum absolute atomic E-state index is 0.0151. The lowest BCUT2D eigenvalue weighted by Gasteiger charge is -2.17. The number of nitrogens with two attached hydrogens (primary N) is 1. The van der Waals surface area contributed by atoms with Gasteiger partial charge in [0.05, 0.1) is 11.3 Å². The monoisotopic (exact) mass is 217 g/mol. The standard InChI is InChI=1S/C12H15N3O/c13-8-9-4-3-5-10(11(9)14)12(16)15-6-1-2-7-15/h3-5,8,13H,1-2,6-7,14H2. The van der Waals surface area contributed by atoms with Crippen molar-refractivity contribution in [3.05, 3.63) is 29.3 Å². The van der Waals surface area contributed by atoms with Crippen LogP contribution in [-0.4, -0.2) is 30.1 Å². The van der Waals surface area contributed by atoms with E-state index in [0.29, 0.717) is 16.8 Å². The molecule has 16 heavy (non-hydrogen) atoms. The van der Waals surface area contributed by atoms with Gasteiger partial charge in [0, 0.05) is 24.9 Å². The average Bonchev–Trinajstić information content (AvgIpc) is 2.82. The number of benzene rings is 1. The number of nitrogens with zero attached hydrogens (tertiary/aromatic N) is 1. The number of amides is 1. The lowest BCUT2D eigenvalue weighted by atomic mass is 10.1. The quantitative estimate of drug-likeness (QED) is 0.582. The molecule has 3 N–H and O–H groups in total. The van der Waals surface area contributed by atoms with Crippen molar-refractivity contribution in [3.8, 4) is 0 Å². The van der Waals surface area contributed by atoms with Gasteiger partial charge < -0.3 is 16.0 Å². The van der Waals surface area contributed by atoms with Crippen LogP contribution in [-0.2, 0) is 0 Å². The maximum atomic E-state index is 12.1. The summed E-state index contributed by atoms with van der Waals surface area (Å²) >= 11 is 0. The first-order valence-corrected chi connectivity index (χ1v) is 5.42. The summed E-state index contributed by atoms with van der Waals surface area (Å²) < 4.78 is 0. The molecule has 0 aliphatic carbocycles. The third-order valence-corrected chi connectivity index (χ3v) is 2.92. The van der Waals surface area contributed by atoms with Crippen molar-refractivity contribution >= 4 is 17.8 Å². The second-order valence-corrected chi connectivity index (χ2v) is 3.95. The maximum absolute atomic E-state index is 12.1. The molecule has 1 aliphatic heterocycles. The predicted octanol–water partition coefficient (Wildman–Crippen LogP) is 1.50. The summed E-state index contributed by atoms with van der Waals surface area (Å²) in [6.07, 6.45) is 3.31. The van der Waals surface area contributed by atoms with Gasteiger partial charge in [-0.15, -0.1) is 0 Å². The summed E-state index contributed by atoms with van der Waals surface area (Å²) in [6, 6.07) is 5.23. The normalized spacial score (nSPS) is 15.1. The smallest absolute Gasteiger partial charge is 0.255 e. The molecule has 2 rings (SSSR count). The van der Waals surface area contributed by atoms with E-state index in [1.807, 2.05) is 4.90 Å². The molecule has 1 aromatic rings. The van der Waals surface area contributed by atoms with Crippen LogP contribution in [0.1, 0.15) is 28.8 Å². The highest BCUT2D eigenvalue weighted by atomic mass is 16.2. The first kappa shape index (κ1) is 10.7. The van der Waals surface area contributed by atoms with Crippen molar-refractivity contribution < 1.29 is 4.79 Å². The van der Waals surface area contributed by atoms with E-state index in [0.717, 1.165) is 25.9 Å². The number of hydrogen-bond acceptors (Lipinski definition) is 3. The minimum atomic E-state index is -0.0151. The Morgan fingerprint density at radius 2 is 2.06 bits per heavy atom. The van der Waals surface area contributed by atoms with Crippen LogP contribution in [0.2, 0.25) is 0 Å². The Bertz CT molecular complexity index is 422. The van der Waals surface area contributed by atoms with Gasteiger partial charge in [0.25, 0.3) is 5.91 Å². The van der Waals surface area contributed by atoms with E-state index < -0.39 is 0 Å². The van der Waals surface area contributed by atoms with E-state index in [1.54, 1.807) is 18.2 Å². The summed E-state index contributed by atoms with van der Waals surface area (Å²) in [7, 11) is 0. The average molecular weight is 217 g/mol. The van der Waals surface area contributed by atoms with Gasteiger partial charge in [0.15, 0.2) is 0 Å². The molecule has 0 atom stereocenters. The zero-order valence-electron chi connectivity index (χ0n) is 9.07. The topological polar surface area (TPSA) is 70.2 Å². The molecule has 0 bridgehead atoms. The van der Waals surface area contributed by atoms with Gasteiger partial charge in [0.2, 0.25) is 0 Å². The molecule has 0 saturated carbocycles. The molecular weight excluding hydrogens is 202 g/mol. The second kappa shape index (κ2) is 4.35. The Labute approximate surface area is 94.6 Å². The van der Waals surface area contributed by atoms with Crippen molar-refractivity contribution in [1.29, 1.82) is 5.41 Å². The van der Waals surface area contributed by atoms with Crippen LogP contribution in [0.5, 0.6) is 0 Å². The van der Waals surface area contributed by atoms with Crippen molar-refractivity contribution in [2.24, 2.45) is 0 Å². The van der Waals surface area contributed by atoms with E-state index in [-0.39, 0.29) is 5.91 Å². The van der Waals surface area contributed by atoms with Crippen LogP contribution in [0.15, 0.2) is 18.2 Å². The third kappa shape index (κ3) is 1.78. The molecule has 1 aromatic carbocycles. The van der Waals surface area contributed by atoms with Gasteiger partial charge in [-0.3, -0.25) is 4.79 Å². The maximum Gasteiger partial charge on any atom is 0.255 e. The Balaban J connectivity index is 2.32. The van der Waals surface area contributed by atoms with Crippen molar-refractivity contribution in [2.45, 2.75) is 12.8 Å². The summed E-state index contributed by atoms with van der Waals surface area (Å²) in [4.78, 5) is 13.9. The van der Waals surface area contributed by atoms with E-state index in [4.69, 9.17) is 11.1 Å². The lowest BCUT2D eigenvalue weighted by molar-refractivity contribution is 0.0794. The van der Waals surface area contributed by atoms with Crippen molar-refractivity contribution in [1.82, 2.24) is 4.90 Å². The van der Waals surface area contributed by atoms with Gasteiger partial charge in [-0.1, -0.05) is 12.1 Å². The summed E-state index contributed by atoms with van der Waals surface area (Å²) in [5, 5.41) is 7.20. The molecule has 0 unspecified atom stereocenters. The number of nitrogen functional groups attached to an aromatic ring is 1. The van der Waals surface area contributed by atoms with Gasteiger partial charge in [-0.2, -0.15) is 0 Å². The Hall–Kier alpha value is -1.84. The number of anilines is 1. The van der Waals surface area contributed by atoms with Crippen LogP contribution in [0.25, 0.3) is 0 Å². The van der Waals surface area contributed by atoms with Gasteiger partial charge in [0.1, 0.15) is 0 Å². The van der Waals surface area contributed by atoms with Crippen LogP contribution >= 0.6 is 0 Å². The summed E-state index contributed by atoms with van der Waals surface area (Å²) in [5.74, 6) is -0.0151. The Morgan fingerprint density at radius 1 is 1.38 bits per heavy atom. The molecule has 0 radical (unpaired) electrons. The molecule has 0 spiro atoms. The van der Waals surface area contributed by atoms with Gasteiger partial charge >= 0.3 is 0 Å². The molecule has 1 heterocycles. The Morgan fingerprint density at radius 3 is 2.69 bits per heavy atom. The summed E-state index contributed by atoms with van der Waals surface area (Å²) in [6.45, 7) is 1.63. The predicted molar refractivity (Wildman–Crippen MR) is 63.9 cm³/mol.